The molecule has 0 aliphatic rings. The van der Waals surface area contributed by atoms with Crippen molar-refractivity contribution in [1.29, 1.82) is 0 Å². The Labute approximate surface area is 197 Å². The molecule has 3 aromatic carbocycles. The molecule has 0 atom stereocenters. The summed E-state index contributed by atoms with van der Waals surface area (Å²) < 4.78 is 0. The monoisotopic (exact) mass is 422 g/mol. The first-order valence-corrected chi connectivity index (χ1v) is 7.75. The van der Waals surface area contributed by atoms with E-state index in [2.05, 4.69) is 0 Å². The maximum absolute atomic E-state index is 10.2. The summed E-state index contributed by atoms with van der Waals surface area (Å²) in [6, 6.07) is 24.7. The molecule has 0 aromatic heterocycles. The van der Waals surface area contributed by atoms with Crippen LogP contribution in [0.25, 0.3) is 0 Å². The first-order chi connectivity index (χ1) is 12.9. The smallest absolute Gasteiger partial charge is 0.545 e. The Morgan fingerprint density at radius 1 is 0.552 bits per heavy atom. The number of aromatic carboxylic acids is 3. The van der Waals surface area contributed by atoms with Crippen LogP contribution in [0.15, 0.2) is 91.0 Å². The minimum Gasteiger partial charge on any atom is -0.545 e. The molecule has 0 bridgehead atoms. The van der Waals surface area contributed by atoms with Gasteiger partial charge < -0.3 is 20.1 Å². The molecule has 6 nitrogen and oxygen atoms in total. The zero-order valence-electron chi connectivity index (χ0n) is 15.7. The van der Waals surface area contributed by atoms with E-state index in [4.69, 9.17) is 10.2 Å². The first-order valence-electron chi connectivity index (χ1n) is 7.75. The molecule has 8 heteroatoms. The first kappa shape index (κ1) is 28.6. The van der Waals surface area contributed by atoms with Gasteiger partial charge in [-0.05, 0) is 29.8 Å². The molecular formula is C21H19NaO6S. The van der Waals surface area contributed by atoms with Crippen molar-refractivity contribution in [3.63, 3.8) is 0 Å². The fourth-order valence-corrected chi connectivity index (χ4v) is 1.74. The number of carboxylic acid groups (broad SMARTS) is 3. The molecule has 0 aliphatic carbocycles. The van der Waals surface area contributed by atoms with E-state index in [0.29, 0.717) is 11.1 Å². The predicted octanol–water partition coefficient (Wildman–Crippen LogP) is -0.0635. The third-order valence-corrected chi connectivity index (χ3v) is 3.05. The Hall–Kier alpha value is -2.58. The average molecular weight is 422 g/mol. The molecule has 0 unspecified atom stereocenters. The van der Waals surface area contributed by atoms with Crippen molar-refractivity contribution >= 4 is 31.4 Å². The molecule has 0 saturated heterocycles. The number of hydrogen-bond donors (Lipinski definition) is 2. The van der Waals surface area contributed by atoms with Gasteiger partial charge in [-0.3, -0.25) is 0 Å². The second-order valence-electron chi connectivity index (χ2n) is 5.00. The summed E-state index contributed by atoms with van der Waals surface area (Å²) in [6.45, 7) is 0. The normalized spacial score (nSPS) is 8.28. The number of carbonyl (C=O) groups is 3. The maximum Gasteiger partial charge on any atom is 1.00 e. The fourth-order valence-electron chi connectivity index (χ4n) is 1.74. The zero-order chi connectivity index (χ0) is 20.1. The molecule has 3 rings (SSSR count). The van der Waals surface area contributed by atoms with Gasteiger partial charge in [0.05, 0.1) is 17.1 Å². The van der Waals surface area contributed by atoms with E-state index in [-0.39, 0.29) is 48.6 Å². The van der Waals surface area contributed by atoms with Crippen LogP contribution in [-0.2, 0) is 0 Å². The quantitative estimate of drug-likeness (QED) is 0.572. The molecule has 2 N–H and O–H groups in total. The summed E-state index contributed by atoms with van der Waals surface area (Å²) >= 11 is 0. The molecule has 29 heavy (non-hydrogen) atoms. The van der Waals surface area contributed by atoms with E-state index in [1.807, 2.05) is 0 Å². The van der Waals surface area contributed by atoms with Gasteiger partial charge in [-0.15, -0.1) is 0 Å². The Balaban J connectivity index is 0. The van der Waals surface area contributed by atoms with Crippen LogP contribution in [0.4, 0.5) is 0 Å². The van der Waals surface area contributed by atoms with Crippen LogP contribution in [0.3, 0.4) is 0 Å². The van der Waals surface area contributed by atoms with Gasteiger partial charge in [0, 0.05) is 0 Å². The fraction of sp³-hybridized carbons (Fsp3) is 0. The molecule has 0 fully saturated rings. The third kappa shape index (κ3) is 12.5. The van der Waals surface area contributed by atoms with Gasteiger partial charge in [-0.2, -0.15) is 13.5 Å². The molecule has 0 amide bonds. The molecule has 0 spiro atoms. The van der Waals surface area contributed by atoms with E-state index >= 15 is 0 Å². The van der Waals surface area contributed by atoms with Crippen molar-refractivity contribution in [3.05, 3.63) is 108 Å². The van der Waals surface area contributed by atoms with E-state index in [0.717, 1.165) is 0 Å². The van der Waals surface area contributed by atoms with Gasteiger partial charge in [0.2, 0.25) is 0 Å². The van der Waals surface area contributed by atoms with Gasteiger partial charge >= 0.3 is 41.5 Å². The largest absolute Gasteiger partial charge is 1.00 e. The zero-order valence-corrected chi connectivity index (χ0v) is 18.7. The second-order valence-corrected chi connectivity index (χ2v) is 5.00. The number of hydrogen-bond acceptors (Lipinski definition) is 4. The minimum absolute atomic E-state index is 0. The molecular weight excluding hydrogens is 403 g/mol. The molecule has 3 aromatic rings. The standard InChI is InChI=1S/3C7H6O2.Na.H2S/c3*8-7(9)6-4-2-1-3-5-6;;/h3*1-5H,(H,8,9);;1H2/q;;;+1;/p-1. The number of benzene rings is 3. The van der Waals surface area contributed by atoms with Crippen molar-refractivity contribution in [3.8, 4) is 0 Å². The summed E-state index contributed by atoms with van der Waals surface area (Å²) in [7, 11) is 0. The van der Waals surface area contributed by atoms with Crippen molar-refractivity contribution in [2.24, 2.45) is 0 Å². The Morgan fingerprint density at radius 3 is 0.931 bits per heavy atom. The van der Waals surface area contributed by atoms with Crippen LogP contribution < -0.4 is 34.7 Å². The minimum atomic E-state index is -1.13. The van der Waals surface area contributed by atoms with Gasteiger partial charge in [0.1, 0.15) is 0 Å². The van der Waals surface area contributed by atoms with Gasteiger partial charge in [-0.25, -0.2) is 9.59 Å². The molecule has 0 aliphatic heterocycles. The topological polar surface area (TPSA) is 115 Å². The van der Waals surface area contributed by atoms with Crippen LogP contribution in [0.2, 0.25) is 0 Å². The van der Waals surface area contributed by atoms with E-state index in [9.17, 15) is 19.5 Å². The average Bonchev–Trinajstić information content (AvgIpc) is 2.71. The molecule has 0 saturated carbocycles. The number of rotatable bonds is 3. The predicted molar refractivity (Wildman–Crippen MR) is 108 cm³/mol. The second kappa shape index (κ2) is 16.4. The Bertz CT molecular complexity index is 740. The van der Waals surface area contributed by atoms with Crippen LogP contribution in [0.1, 0.15) is 31.1 Å². The summed E-state index contributed by atoms with van der Waals surface area (Å²) in [6.07, 6.45) is 0. The van der Waals surface area contributed by atoms with Gasteiger partial charge in [0.15, 0.2) is 0 Å². The van der Waals surface area contributed by atoms with Crippen LogP contribution in [-0.4, -0.2) is 28.1 Å². The van der Waals surface area contributed by atoms with E-state index in [1.165, 1.54) is 12.1 Å². The number of carbonyl (C=O) groups excluding carboxylic acids is 1. The van der Waals surface area contributed by atoms with E-state index in [1.54, 1.807) is 78.9 Å². The van der Waals surface area contributed by atoms with Crippen molar-refractivity contribution in [1.82, 2.24) is 0 Å². The molecule has 0 heterocycles. The Kier molecular flexibility index (Phi) is 16.2. The van der Waals surface area contributed by atoms with Crippen LogP contribution in [0.5, 0.6) is 0 Å². The van der Waals surface area contributed by atoms with Crippen molar-refractivity contribution in [2.75, 3.05) is 0 Å². The maximum atomic E-state index is 10.2. The summed E-state index contributed by atoms with van der Waals surface area (Å²) in [4.78, 5) is 30.5. The van der Waals surface area contributed by atoms with Gasteiger partial charge in [0.25, 0.3) is 0 Å². The molecule has 146 valence electrons. The summed E-state index contributed by atoms with van der Waals surface area (Å²) in [5.41, 5.74) is 0.882. The van der Waals surface area contributed by atoms with Crippen LogP contribution in [0, 0.1) is 0 Å². The van der Waals surface area contributed by atoms with Crippen molar-refractivity contribution < 1.29 is 59.3 Å². The molecule has 0 radical (unpaired) electrons. The summed E-state index contributed by atoms with van der Waals surface area (Å²) in [5.74, 6) is -2.89. The van der Waals surface area contributed by atoms with Gasteiger partial charge in [-0.1, -0.05) is 66.7 Å². The number of carboxylic acids is 3. The Morgan fingerprint density at radius 2 is 0.793 bits per heavy atom. The van der Waals surface area contributed by atoms with Crippen LogP contribution >= 0.6 is 13.5 Å². The third-order valence-electron chi connectivity index (χ3n) is 3.05. The summed E-state index contributed by atoms with van der Waals surface area (Å²) in [5, 5.41) is 26.9. The SMILES string of the molecule is O=C(O)c1ccccc1.O=C(O)c1ccccc1.O=C([O-])c1ccccc1.S.[Na+]. The van der Waals surface area contributed by atoms with Crippen molar-refractivity contribution in [2.45, 2.75) is 0 Å². The van der Waals surface area contributed by atoms with E-state index < -0.39 is 17.9 Å².